The van der Waals surface area contributed by atoms with Crippen LogP contribution >= 0.6 is 0 Å². The van der Waals surface area contributed by atoms with Gasteiger partial charge in [-0.2, -0.15) is 0 Å². The summed E-state index contributed by atoms with van der Waals surface area (Å²) in [6.07, 6.45) is 5.32. The fourth-order valence-electron chi connectivity index (χ4n) is 5.75. The van der Waals surface area contributed by atoms with Crippen LogP contribution in [0.4, 0.5) is 0 Å². The molecule has 134 valence electrons. The maximum Gasteiger partial charge on any atom is 0.333 e. The molecule has 5 atom stereocenters. The van der Waals surface area contributed by atoms with E-state index in [1.54, 1.807) is 0 Å². The Hall–Kier alpha value is -1.13. The Balaban J connectivity index is 1.84. The molecule has 3 rings (SSSR count). The van der Waals surface area contributed by atoms with Crippen molar-refractivity contribution in [3.05, 3.63) is 23.8 Å². The van der Waals surface area contributed by atoms with Crippen LogP contribution < -0.4 is 0 Å². The predicted octanol–water partition coefficient (Wildman–Crippen LogP) is 3.34. The molecule has 0 bridgehead atoms. The quantitative estimate of drug-likeness (QED) is 0.614. The Labute approximate surface area is 144 Å². The van der Waals surface area contributed by atoms with Gasteiger partial charge in [-0.1, -0.05) is 39.3 Å². The summed E-state index contributed by atoms with van der Waals surface area (Å²) in [4.78, 5) is 11.3. The van der Waals surface area contributed by atoms with Gasteiger partial charge in [-0.25, -0.2) is 4.79 Å². The van der Waals surface area contributed by atoms with Gasteiger partial charge in [0.25, 0.3) is 0 Å². The normalized spacial score (nSPS) is 39.9. The Morgan fingerprint density at radius 1 is 1.38 bits per heavy atom. The molecule has 1 heterocycles. The molecule has 2 N–H and O–H groups in total. The van der Waals surface area contributed by atoms with E-state index in [1.807, 2.05) is 0 Å². The number of hydrogen-bond donors (Lipinski definition) is 2. The maximum atomic E-state index is 11.3. The molecule has 0 aromatic carbocycles. The molecule has 0 aromatic heterocycles. The van der Waals surface area contributed by atoms with Crippen LogP contribution in [0.2, 0.25) is 0 Å². The smallest absolute Gasteiger partial charge is 0.333 e. The van der Waals surface area contributed by atoms with Crippen LogP contribution in [-0.2, 0) is 9.53 Å². The van der Waals surface area contributed by atoms with Gasteiger partial charge in [-0.05, 0) is 54.8 Å². The third-order valence-electron chi connectivity index (χ3n) is 6.96. The predicted molar refractivity (Wildman–Crippen MR) is 91.9 cm³/mol. The van der Waals surface area contributed by atoms with E-state index in [0.717, 1.165) is 12.8 Å². The second-order valence-corrected chi connectivity index (χ2v) is 8.84. The topological polar surface area (TPSA) is 66.8 Å². The minimum atomic E-state index is -1.31. The molecule has 2 fully saturated rings. The monoisotopic (exact) mass is 334 g/mol. The molecule has 4 nitrogen and oxygen atoms in total. The number of hydrogen-bond acceptors (Lipinski definition) is 4. The van der Waals surface area contributed by atoms with Crippen LogP contribution in [0.15, 0.2) is 23.8 Å². The van der Waals surface area contributed by atoms with Crippen molar-refractivity contribution >= 4 is 5.97 Å². The van der Waals surface area contributed by atoms with Crippen molar-refractivity contribution in [3.63, 3.8) is 0 Å². The number of esters is 1. The Morgan fingerprint density at radius 2 is 2.08 bits per heavy atom. The van der Waals surface area contributed by atoms with Crippen LogP contribution in [0.3, 0.4) is 0 Å². The molecule has 24 heavy (non-hydrogen) atoms. The number of carbonyl (C=O) groups excluding carboxylic acids is 1. The summed E-state index contributed by atoms with van der Waals surface area (Å²) in [7, 11) is 0. The van der Waals surface area contributed by atoms with Crippen molar-refractivity contribution in [2.45, 2.75) is 71.7 Å². The Morgan fingerprint density at radius 3 is 2.71 bits per heavy atom. The van der Waals surface area contributed by atoms with Gasteiger partial charge in [0.05, 0.1) is 6.10 Å². The molecule has 0 amide bonds. The average Bonchev–Trinajstić information content (AvgIpc) is 2.80. The summed E-state index contributed by atoms with van der Waals surface area (Å²) in [5, 5.41) is 20.5. The number of aliphatic hydroxyl groups is 2. The molecule has 2 aliphatic carbocycles. The molecule has 1 aliphatic heterocycles. The maximum absolute atomic E-state index is 11.3. The lowest BCUT2D eigenvalue weighted by Gasteiger charge is -2.58. The minimum Gasteiger partial charge on any atom is -0.429 e. The highest BCUT2D eigenvalue weighted by Crippen LogP contribution is 2.61. The molecule has 0 spiro atoms. The summed E-state index contributed by atoms with van der Waals surface area (Å²) >= 11 is 0. The molecule has 4 heteroatoms. The molecular formula is C20H30O4. The third kappa shape index (κ3) is 2.84. The summed E-state index contributed by atoms with van der Waals surface area (Å²) in [5.74, 6) is 0.235. The fourth-order valence-corrected chi connectivity index (χ4v) is 5.75. The summed E-state index contributed by atoms with van der Waals surface area (Å²) in [5.41, 5.74) is 1.91. The molecular weight excluding hydrogens is 304 g/mol. The summed E-state index contributed by atoms with van der Waals surface area (Å²) in [6.45, 7) is 11.4. The summed E-state index contributed by atoms with van der Waals surface area (Å²) < 4.78 is 4.72. The van der Waals surface area contributed by atoms with Crippen LogP contribution in [-0.4, -0.2) is 28.6 Å². The van der Waals surface area contributed by atoms with Crippen LogP contribution in [0, 0.1) is 22.7 Å². The van der Waals surface area contributed by atoms with Gasteiger partial charge >= 0.3 is 5.97 Å². The highest BCUT2D eigenvalue weighted by atomic mass is 16.6. The average molecular weight is 334 g/mol. The SMILES string of the molecule is C=C1CCC2C(C)(C)CCCC2(C)C1CC(O)C1=CC(=O)OC1O. The minimum absolute atomic E-state index is 0.118. The van der Waals surface area contributed by atoms with Crippen molar-refractivity contribution in [1.29, 1.82) is 0 Å². The Kier molecular flexibility index (Phi) is 4.42. The number of cyclic esters (lactones) is 1. The first-order valence-electron chi connectivity index (χ1n) is 9.11. The van der Waals surface area contributed by atoms with E-state index in [4.69, 9.17) is 4.74 Å². The van der Waals surface area contributed by atoms with E-state index in [2.05, 4.69) is 27.4 Å². The standard InChI is InChI=1S/C20H30O4/c1-12-6-7-16-19(2,3)8-5-9-20(16,4)14(12)11-15(21)13-10-17(22)24-18(13)23/h10,14-16,18,21,23H,1,5-9,11H2,2-4H3. The van der Waals surface area contributed by atoms with Crippen LogP contribution in [0.1, 0.15) is 59.3 Å². The van der Waals surface area contributed by atoms with Crippen molar-refractivity contribution in [1.82, 2.24) is 0 Å². The zero-order chi connectivity index (χ0) is 17.7. The molecule has 3 aliphatic rings. The number of rotatable bonds is 3. The molecule has 0 saturated heterocycles. The molecule has 0 radical (unpaired) electrons. The second-order valence-electron chi connectivity index (χ2n) is 8.84. The third-order valence-corrected chi connectivity index (χ3v) is 6.96. The van der Waals surface area contributed by atoms with Crippen molar-refractivity contribution in [3.8, 4) is 0 Å². The van der Waals surface area contributed by atoms with E-state index in [1.165, 1.54) is 30.9 Å². The number of carbonyl (C=O) groups is 1. The second kappa shape index (κ2) is 5.99. The lowest BCUT2D eigenvalue weighted by Crippen LogP contribution is -2.50. The van der Waals surface area contributed by atoms with Crippen LogP contribution in [0.25, 0.3) is 0 Å². The van der Waals surface area contributed by atoms with Gasteiger partial charge in [0, 0.05) is 11.6 Å². The lowest BCUT2D eigenvalue weighted by atomic mass is 9.47. The first-order chi connectivity index (χ1) is 11.1. The van der Waals surface area contributed by atoms with E-state index >= 15 is 0 Å². The van der Waals surface area contributed by atoms with Crippen molar-refractivity contribution < 1.29 is 19.7 Å². The lowest BCUT2D eigenvalue weighted by molar-refractivity contribution is -0.152. The largest absolute Gasteiger partial charge is 0.429 e. The van der Waals surface area contributed by atoms with E-state index < -0.39 is 18.4 Å². The number of allylic oxidation sites excluding steroid dienone is 1. The Bertz CT molecular complexity index is 576. The number of ether oxygens (including phenoxy) is 1. The number of aliphatic hydroxyl groups excluding tert-OH is 2. The fraction of sp³-hybridized carbons (Fsp3) is 0.750. The zero-order valence-corrected chi connectivity index (χ0v) is 15.0. The van der Waals surface area contributed by atoms with Crippen molar-refractivity contribution in [2.24, 2.45) is 22.7 Å². The molecule has 0 aromatic rings. The van der Waals surface area contributed by atoms with Gasteiger partial charge in [0.1, 0.15) is 0 Å². The first kappa shape index (κ1) is 17.7. The molecule has 5 unspecified atom stereocenters. The van der Waals surface area contributed by atoms with E-state index in [-0.39, 0.29) is 16.9 Å². The van der Waals surface area contributed by atoms with E-state index in [9.17, 15) is 15.0 Å². The van der Waals surface area contributed by atoms with Crippen molar-refractivity contribution in [2.75, 3.05) is 0 Å². The summed E-state index contributed by atoms with van der Waals surface area (Å²) in [6, 6.07) is 0. The van der Waals surface area contributed by atoms with Gasteiger partial charge in [-0.15, -0.1) is 0 Å². The van der Waals surface area contributed by atoms with Crippen LogP contribution in [0.5, 0.6) is 0 Å². The molecule has 2 saturated carbocycles. The van der Waals surface area contributed by atoms with Gasteiger partial charge < -0.3 is 14.9 Å². The zero-order valence-electron chi connectivity index (χ0n) is 15.0. The van der Waals surface area contributed by atoms with E-state index in [0.29, 0.717) is 17.8 Å². The number of fused-ring (bicyclic) bond motifs is 1. The van der Waals surface area contributed by atoms with Gasteiger partial charge in [0.15, 0.2) is 0 Å². The highest BCUT2D eigenvalue weighted by molar-refractivity contribution is 5.85. The first-order valence-corrected chi connectivity index (χ1v) is 9.11. The highest BCUT2D eigenvalue weighted by Gasteiger charge is 2.53. The van der Waals surface area contributed by atoms with Gasteiger partial charge in [-0.3, -0.25) is 0 Å². The van der Waals surface area contributed by atoms with Gasteiger partial charge in [0.2, 0.25) is 6.29 Å².